The highest BCUT2D eigenvalue weighted by atomic mass is 16.3. The molecule has 4 rings (SSSR count). The van der Waals surface area contributed by atoms with Gasteiger partial charge >= 0.3 is 0 Å². The summed E-state index contributed by atoms with van der Waals surface area (Å²) in [7, 11) is 0. The Morgan fingerprint density at radius 2 is 1.73 bits per heavy atom. The standard InChI is InChI=1S/C20H32O2/c1-17(2)11-15(21)12-18(3)16(17)6-5-13-9-14-10-20(13,18)8-7-19(14,4)22/h13-14,16,22H,5-12H2,1-4H3/t13-,14-,16-,18-,19+,20+/m0/s1. The summed E-state index contributed by atoms with van der Waals surface area (Å²) in [5.74, 6) is 2.37. The summed E-state index contributed by atoms with van der Waals surface area (Å²) in [6.45, 7) is 9.16. The highest BCUT2D eigenvalue weighted by molar-refractivity contribution is 5.81. The molecule has 0 saturated heterocycles. The SMILES string of the molecule is CC1(C)CC(=O)C[C@@]2(C)[C@H]1CC[C@H]1C[C@H]3C[C@]12CC[C@@]3(C)O. The molecule has 124 valence electrons. The van der Waals surface area contributed by atoms with Crippen molar-refractivity contribution in [3.05, 3.63) is 0 Å². The smallest absolute Gasteiger partial charge is 0.134 e. The molecule has 4 aliphatic rings. The third-order valence-electron chi connectivity index (χ3n) is 8.79. The lowest BCUT2D eigenvalue weighted by molar-refractivity contribution is -0.177. The minimum absolute atomic E-state index is 0.155. The minimum Gasteiger partial charge on any atom is -0.390 e. The van der Waals surface area contributed by atoms with Gasteiger partial charge in [-0.25, -0.2) is 0 Å². The summed E-state index contributed by atoms with van der Waals surface area (Å²) >= 11 is 0. The third kappa shape index (κ3) is 1.68. The molecular weight excluding hydrogens is 272 g/mol. The zero-order valence-corrected chi connectivity index (χ0v) is 14.7. The topological polar surface area (TPSA) is 37.3 Å². The average molecular weight is 304 g/mol. The highest BCUT2D eigenvalue weighted by Crippen LogP contribution is 2.74. The lowest BCUT2D eigenvalue weighted by Gasteiger charge is -2.64. The van der Waals surface area contributed by atoms with E-state index in [-0.39, 0.29) is 10.8 Å². The van der Waals surface area contributed by atoms with Gasteiger partial charge < -0.3 is 5.11 Å². The van der Waals surface area contributed by atoms with Crippen molar-refractivity contribution < 1.29 is 9.90 Å². The van der Waals surface area contributed by atoms with Crippen molar-refractivity contribution in [1.29, 1.82) is 0 Å². The second-order valence-electron chi connectivity index (χ2n) is 10.3. The van der Waals surface area contributed by atoms with Crippen molar-refractivity contribution in [3.8, 4) is 0 Å². The molecule has 2 nitrogen and oxygen atoms in total. The molecule has 4 aliphatic carbocycles. The quantitative estimate of drug-likeness (QED) is 0.722. The summed E-state index contributed by atoms with van der Waals surface area (Å²) in [5, 5.41) is 10.8. The normalized spacial score (nSPS) is 56.4. The van der Waals surface area contributed by atoms with Crippen LogP contribution in [0.3, 0.4) is 0 Å². The fraction of sp³-hybridized carbons (Fsp3) is 0.950. The monoisotopic (exact) mass is 304 g/mol. The van der Waals surface area contributed by atoms with E-state index < -0.39 is 5.60 Å². The van der Waals surface area contributed by atoms with Crippen molar-refractivity contribution >= 4 is 5.78 Å². The fourth-order valence-electron chi connectivity index (χ4n) is 7.79. The molecule has 4 fully saturated rings. The number of fused-ring (bicyclic) bond motifs is 2. The average Bonchev–Trinajstić information content (AvgIpc) is 2.71. The van der Waals surface area contributed by atoms with Crippen LogP contribution < -0.4 is 0 Å². The molecule has 22 heavy (non-hydrogen) atoms. The summed E-state index contributed by atoms with van der Waals surface area (Å²) in [5.41, 5.74) is 0.181. The van der Waals surface area contributed by atoms with Gasteiger partial charge in [0.1, 0.15) is 5.78 Å². The molecule has 0 heterocycles. The van der Waals surface area contributed by atoms with E-state index >= 15 is 0 Å². The van der Waals surface area contributed by atoms with Gasteiger partial charge in [-0.05, 0) is 79.4 Å². The maximum Gasteiger partial charge on any atom is 0.134 e. The molecule has 1 spiro atoms. The molecule has 0 aromatic rings. The third-order valence-corrected chi connectivity index (χ3v) is 8.79. The highest BCUT2D eigenvalue weighted by Gasteiger charge is 2.69. The van der Waals surface area contributed by atoms with Crippen molar-refractivity contribution in [3.63, 3.8) is 0 Å². The summed E-state index contributed by atoms with van der Waals surface area (Å²) in [6.07, 6.45) is 8.62. The van der Waals surface area contributed by atoms with E-state index in [0.29, 0.717) is 23.0 Å². The van der Waals surface area contributed by atoms with Crippen molar-refractivity contribution in [1.82, 2.24) is 0 Å². The molecule has 1 N–H and O–H groups in total. The number of hydrogen-bond donors (Lipinski definition) is 1. The van der Waals surface area contributed by atoms with E-state index in [1.165, 1.54) is 25.7 Å². The zero-order chi connectivity index (χ0) is 16.0. The van der Waals surface area contributed by atoms with Gasteiger partial charge in [0.05, 0.1) is 5.60 Å². The van der Waals surface area contributed by atoms with Crippen molar-refractivity contribution in [2.45, 2.75) is 84.7 Å². The van der Waals surface area contributed by atoms with Crippen LogP contribution in [-0.4, -0.2) is 16.5 Å². The van der Waals surface area contributed by atoms with Crippen LogP contribution in [0.1, 0.15) is 79.1 Å². The molecule has 0 aromatic carbocycles. The summed E-state index contributed by atoms with van der Waals surface area (Å²) < 4.78 is 0. The van der Waals surface area contributed by atoms with Gasteiger partial charge in [0.2, 0.25) is 0 Å². The van der Waals surface area contributed by atoms with Gasteiger partial charge in [0.25, 0.3) is 0 Å². The molecule has 0 aliphatic heterocycles. The first kappa shape index (κ1) is 15.2. The van der Waals surface area contributed by atoms with E-state index in [4.69, 9.17) is 0 Å². The number of carbonyl (C=O) groups is 1. The molecule has 0 aromatic heterocycles. The molecule has 2 bridgehead atoms. The largest absolute Gasteiger partial charge is 0.390 e. The minimum atomic E-state index is -0.470. The lowest BCUT2D eigenvalue weighted by atomic mass is 9.39. The van der Waals surface area contributed by atoms with Crippen molar-refractivity contribution in [2.75, 3.05) is 0 Å². The number of hydrogen-bond acceptors (Lipinski definition) is 2. The first-order valence-corrected chi connectivity index (χ1v) is 9.35. The Balaban J connectivity index is 1.79. The Bertz CT molecular complexity index is 520. The van der Waals surface area contributed by atoms with Crippen LogP contribution in [0.4, 0.5) is 0 Å². The fourth-order valence-corrected chi connectivity index (χ4v) is 7.79. The summed E-state index contributed by atoms with van der Waals surface area (Å²) in [6, 6.07) is 0. The molecule has 0 unspecified atom stereocenters. The second-order valence-corrected chi connectivity index (χ2v) is 10.3. The van der Waals surface area contributed by atoms with Gasteiger partial charge in [-0.15, -0.1) is 0 Å². The molecule has 2 heteroatoms. The Morgan fingerprint density at radius 1 is 1.00 bits per heavy atom. The number of ketones is 1. The van der Waals surface area contributed by atoms with Gasteiger partial charge in [-0.2, -0.15) is 0 Å². The van der Waals surface area contributed by atoms with Crippen LogP contribution in [-0.2, 0) is 4.79 Å². The van der Waals surface area contributed by atoms with E-state index in [9.17, 15) is 9.90 Å². The number of carbonyl (C=O) groups excluding carboxylic acids is 1. The second kappa shape index (κ2) is 4.18. The molecule has 6 atom stereocenters. The van der Waals surface area contributed by atoms with Crippen LogP contribution in [0.25, 0.3) is 0 Å². The lowest BCUT2D eigenvalue weighted by Crippen LogP contribution is -2.59. The number of aliphatic hydroxyl groups is 1. The zero-order valence-electron chi connectivity index (χ0n) is 14.7. The predicted octanol–water partition coefficient (Wildman–Crippen LogP) is 4.35. The van der Waals surface area contributed by atoms with E-state index in [2.05, 4.69) is 27.7 Å². The molecule has 4 saturated carbocycles. The Hall–Kier alpha value is -0.370. The van der Waals surface area contributed by atoms with Crippen LogP contribution in [0.5, 0.6) is 0 Å². The Morgan fingerprint density at radius 3 is 2.45 bits per heavy atom. The predicted molar refractivity (Wildman–Crippen MR) is 87.4 cm³/mol. The first-order valence-electron chi connectivity index (χ1n) is 9.35. The molecule has 0 radical (unpaired) electrons. The van der Waals surface area contributed by atoms with Gasteiger partial charge in [0, 0.05) is 12.8 Å². The van der Waals surface area contributed by atoms with Crippen LogP contribution in [0, 0.1) is 34.0 Å². The van der Waals surface area contributed by atoms with Crippen LogP contribution in [0.2, 0.25) is 0 Å². The maximum absolute atomic E-state index is 12.6. The van der Waals surface area contributed by atoms with Crippen LogP contribution in [0.15, 0.2) is 0 Å². The molecule has 0 amide bonds. The number of rotatable bonds is 0. The maximum atomic E-state index is 12.6. The van der Waals surface area contributed by atoms with E-state index in [1.54, 1.807) is 0 Å². The first-order chi connectivity index (χ1) is 10.1. The van der Waals surface area contributed by atoms with Gasteiger partial charge in [0.15, 0.2) is 0 Å². The van der Waals surface area contributed by atoms with Gasteiger partial charge in [-0.3, -0.25) is 4.79 Å². The Kier molecular flexibility index (Phi) is 2.88. The van der Waals surface area contributed by atoms with Crippen LogP contribution >= 0.6 is 0 Å². The van der Waals surface area contributed by atoms with Crippen molar-refractivity contribution in [2.24, 2.45) is 34.0 Å². The number of Topliss-reactive ketones (excluding diaryl/α,β-unsaturated/α-hetero) is 1. The van der Waals surface area contributed by atoms with Gasteiger partial charge in [-0.1, -0.05) is 20.8 Å². The Labute approximate surface area is 135 Å². The van der Waals surface area contributed by atoms with E-state index in [0.717, 1.165) is 31.6 Å². The molecular formula is C20H32O2. The summed E-state index contributed by atoms with van der Waals surface area (Å²) in [4.78, 5) is 12.6. The van der Waals surface area contributed by atoms with E-state index in [1.807, 2.05) is 0 Å².